The molecule has 0 saturated heterocycles. The van der Waals surface area contributed by atoms with Crippen molar-refractivity contribution in [3.05, 3.63) is 36.0 Å². The molecule has 8 heteroatoms. The molecule has 108 valence electrons. The second kappa shape index (κ2) is 5.93. The van der Waals surface area contributed by atoms with Crippen LogP contribution in [0.2, 0.25) is 0 Å². The number of nitrogens with one attached hydrogen (secondary N) is 3. The Morgan fingerprint density at radius 3 is 2.85 bits per heavy atom. The van der Waals surface area contributed by atoms with E-state index in [1.165, 1.54) is 0 Å². The average molecular weight is 297 g/mol. The first-order valence-electron chi connectivity index (χ1n) is 5.92. The topological polar surface area (TPSA) is 100 Å². The summed E-state index contributed by atoms with van der Waals surface area (Å²) in [6.45, 7) is 0.175. The summed E-state index contributed by atoms with van der Waals surface area (Å²) in [5.74, 6) is 0. The molecule has 0 spiro atoms. The van der Waals surface area contributed by atoms with Gasteiger partial charge in [0.1, 0.15) is 0 Å². The SMILES string of the molecule is COC(=O)NS(=O)(=O)NCCc1c[nH]c2ccccc12. The van der Waals surface area contributed by atoms with Gasteiger partial charge in [-0.1, -0.05) is 18.2 Å². The van der Waals surface area contributed by atoms with Crippen molar-refractivity contribution in [1.82, 2.24) is 14.4 Å². The Morgan fingerprint density at radius 1 is 1.35 bits per heavy atom. The van der Waals surface area contributed by atoms with Crippen molar-refractivity contribution in [2.24, 2.45) is 0 Å². The number of hydrogen-bond acceptors (Lipinski definition) is 4. The monoisotopic (exact) mass is 297 g/mol. The Morgan fingerprint density at radius 2 is 2.10 bits per heavy atom. The lowest BCUT2D eigenvalue weighted by Crippen LogP contribution is -2.40. The Bertz CT molecular complexity index is 708. The first kappa shape index (κ1) is 14.4. The van der Waals surface area contributed by atoms with Crippen molar-refractivity contribution in [2.45, 2.75) is 6.42 Å². The normalized spacial score (nSPS) is 11.4. The van der Waals surface area contributed by atoms with E-state index < -0.39 is 16.3 Å². The third kappa shape index (κ3) is 3.49. The summed E-state index contributed by atoms with van der Waals surface area (Å²) >= 11 is 0. The highest BCUT2D eigenvalue weighted by molar-refractivity contribution is 7.88. The van der Waals surface area contributed by atoms with Gasteiger partial charge in [0.25, 0.3) is 0 Å². The Labute approximate surface area is 116 Å². The lowest BCUT2D eigenvalue weighted by atomic mass is 10.1. The van der Waals surface area contributed by atoms with Gasteiger partial charge in [0.05, 0.1) is 7.11 Å². The summed E-state index contributed by atoms with van der Waals surface area (Å²) in [5, 5.41) is 1.05. The maximum Gasteiger partial charge on any atom is 0.421 e. The van der Waals surface area contributed by atoms with Crippen LogP contribution in [-0.4, -0.2) is 33.1 Å². The number of aromatic amines is 1. The van der Waals surface area contributed by atoms with Crippen molar-refractivity contribution >= 4 is 27.2 Å². The molecule has 1 aromatic carbocycles. The van der Waals surface area contributed by atoms with Gasteiger partial charge in [0.15, 0.2) is 0 Å². The largest absolute Gasteiger partial charge is 0.452 e. The number of fused-ring (bicyclic) bond motifs is 1. The zero-order chi connectivity index (χ0) is 14.6. The number of carbonyl (C=O) groups is 1. The Hall–Kier alpha value is -2.06. The number of rotatable bonds is 5. The zero-order valence-electron chi connectivity index (χ0n) is 10.8. The lowest BCUT2D eigenvalue weighted by molar-refractivity contribution is 0.177. The van der Waals surface area contributed by atoms with E-state index in [1.54, 1.807) is 4.72 Å². The second-order valence-corrected chi connectivity index (χ2v) is 5.60. The van der Waals surface area contributed by atoms with E-state index in [-0.39, 0.29) is 6.54 Å². The molecule has 1 heterocycles. The van der Waals surface area contributed by atoms with Gasteiger partial charge >= 0.3 is 16.3 Å². The number of para-hydroxylation sites is 1. The van der Waals surface area contributed by atoms with Gasteiger partial charge in [-0.25, -0.2) is 9.52 Å². The molecule has 2 rings (SSSR count). The van der Waals surface area contributed by atoms with Gasteiger partial charge in [-0.05, 0) is 18.1 Å². The highest BCUT2D eigenvalue weighted by Gasteiger charge is 2.13. The molecule has 1 aromatic heterocycles. The van der Waals surface area contributed by atoms with Crippen LogP contribution in [0.4, 0.5) is 4.79 Å². The number of H-pyrrole nitrogens is 1. The van der Waals surface area contributed by atoms with E-state index in [9.17, 15) is 13.2 Å². The van der Waals surface area contributed by atoms with Gasteiger partial charge in [-0.15, -0.1) is 0 Å². The molecule has 0 aliphatic carbocycles. The number of methoxy groups -OCH3 is 1. The average Bonchev–Trinajstić information content (AvgIpc) is 2.81. The standard InChI is InChI=1S/C12H15N3O4S/c1-19-12(16)15-20(17,18)14-7-6-9-8-13-11-5-3-2-4-10(9)11/h2-5,8,13-14H,6-7H2,1H3,(H,15,16). The molecule has 0 bridgehead atoms. The molecule has 7 nitrogen and oxygen atoms in total. The van der Waals surface area contributed by atoms with E-state index in [2.05, 4.69) is 14.4 Å². The minimum atomic E-state index is -3.88. The summed E-state index contributed by atoms with van der Waals surface area (Å²) in [6.07, 6.45) is 1.32. The van der Waals surface area contributed by atoms with E-state index in [0.29, 0.717) is 6.42 Å². The van der Waals surface area contributed by atoms with Crippen molar-refractivity contribution in [3.8, 4) is 0 Å². The molecule has 0 atom stereocenters. The van der Waals surface area contributed by atoms with E-state index >= 15 is 0 Å². The van der Waals surface area contributed by atoms with Crippen molar-refractivity contribution in [3.63, 3.8) is 0 Å². The smallest absolute Gasteiger partial charge is 0.421 e. The third-order valence-electron chi connectivity index (χ3n) is 2.76. The molecule has 0 aliphatic heterocycles. The number of hydrogen-bond donors (Lipinski definition) is 3. The molecule has 1 amide bonds. The molecule has 3 N–H and O–H groups in total. The molecule has 0 radical (unpaired) electrons. The van der Waals surface area contributed by atoms with E-state index in [4.69, 9.17) is 0 Å². The van der Waals surface area contributed by atoms with Crippen LogP contribution in [0.1, 0.15) is 5.56 Å². The summed E-state index contributed by atoms with van der Waals surface area (Å²) < 4.78 is 31.1. The van der Waals surface area contributed by atoms with Crippen LogP contribution in [0.25, 0.3) is 10.9 Å². The number of ether oxygens (including phenoxy) is 1. The number of aromatic nitrogens is 1. The predicted octanol–water partition coefficient (Wildman–Crippen LogP) is 0.901. The van der Waals surface area contributed by atoms with Gasteiger partial charge < -0.3 is 9.72 Å². The number of carbonyl (C=O) groups excluding carboxylic acids is 1. The molecule has 2 aromatic rings. The molecule has 0 saturated carbocycles. The van der Waals surface area contributed by atoms with Crippen LogP contribution in [-0.2, 0) is 21.4 Å². The number of benzene rings is 1. The summed E-state index contributed by atoms with van der Waals surface area (Å²) in [6, 6.07) is 7.75. The highest BCUT2D eigenvalue weighted by Crippen LogP contribution is 2.17. The summed E-state index contributed by atoms with van der Waals surface area (Å²) in [5.41, 5.74) is 2.00. The van der Waals surface area contributed by atoms with Crippen LogP contribution in [0.15, 0.2) is 30.5 Å². The highest BCUT2D eigenvalue weighted by atomic mass is 32.2. The van der Waals surface area contributed by atoms with Crippen LogP contribution in [0.3, 0.4) is 0 Å². The number of amides is 1. The first-order valence-corrected chi connectivity index (χ1v) is 7.40. The van der Waals surface area contributed by atoms with Crippen LogP contribution >= 0.6 is 0 Å². The fourth-order valence-electron chi connectivity index (χ4n) is 1.85. The van der Waals surface area contributed by atoms with Gasteiger partial charge in [0, 0.05) is 23.6 Å². The minimum Gasteiger partial charge on any atom is -0.452 e. The Kier molecular flexibility index (Phi) is 4.26. The quantitative estimate of drug-likeness (QED) is 0.763. The van der Waals surface area contributed by atoms with Crippen molar-refractivity contribution in [2.75, 3.05) is 13.7 Å². The fraction of sp³-hybridized carbons (Fsp3) is 0.250. The van der Waals surface area contributed by atoms with Gasteiger partial charge in [-0.3, -0.25) is 0 Å². The Balaban J connectivity index is 1.94. The first-order chi connectivity index (χ1) is 9.52. The van der Waals surface area contributed by atoms with Crippen molar-refractivity contribution < 1.29 is 17.9 Å². The maximum atomic E-state index is 11.5. The molecule has 0 aliphatic rings. The van der Waals surface area contributed by atoms with Crippen LogP contribution in [0.5, 0.6) is 0 Å². The molecule has 0 fully saturated rings. The summed E-state index contributed by atoms with van der Waals surface area (Å²) in [4.78, 5) is 13.9. The van der Waals surface area contributed by atoms with E-state index in [0.717, 1.165) is 23.6 Å². The van der Waals surface area contributed by atoms with Crippen molar-refractivity contribution in [1.29, 1.82) is 0 Å². The van der Waals surface area contributed by atoms with Gasteiger partial charge in [-0.2, -0.15) is 13.1 Å². The van der Waals surface area contributed by atoms with E-state index in [1.807, 2.05) is 30.5 Å². The maximum absolute atomic E-state index is 11.5. The zero-order valence-corrected chi connectivity index (χ0v) is 11.7. The molecular formula is C12H15N3O4S. The fourth-order valence-corrected chi connectivity index (χ4v) is 2.59. The lowest BCUT2D eigenvalue weighted by Gasteiger charge is -2.06. The van der Waals surface area contributed by atoms with Crippen LogP contribution in [0, 0.1) is 0 Å². The third-order valence-corrected chi connectivity index (χ3v) is 3.78. The van der Waals surface area contributed by atoms with Gasteiger partial charge in [0.2, 0.25) is 0 Å². The molecule has 20 heavy (non-hydrogen) atoms. The molecular weight excluding hydrogens is 282 g/mol. The predicted molar refractivity (Wildman–Crippen MR) is 74.5 cm³/mol. The summed E-state index contributed by atoms with van der Waals surface area (Å²) in [7, 11) is -2.79. The second-order valence-electron chi connectivity index (χ2n) is 4.10. The van der Waals surface area contributed by atoms with Crippen LogP contribution < -0.4 is 9.44 Å². The minimum absolute atomic E-state index is 0.175. The molecule has 0 unspecified atom stereocenters.